The predicted molar refractivity (Wildman–Crippen MR) is 70.8 cm³/mol. The van der Waals surface area contributed by atoms with Crippen LogP contribution in [0.15, 0.2) is 29.4 Å². The number of benzene rings is 1. The molecule has 0 atom stereocenters. The molecule has 2 aromatic rings. The number of carbonyl (C=O) groups is 1. The standard InChI is InChI=1S/C11H10ClN3O4S/c1-19-11(16)7-3-4-8(20(2,17)18)10(9(7)12)15-13-5-6-14-15/h3-6H,1-2H3. The summed E-state index contributed by atoms with van der Waals surface area (Å²) in [7, 11) is -2.37. The summed E-state index contributed by atoms with van der Waals surface area (Å²) in [6.45, 7) is 0. The molecule has 0 N–H and O–H groups in total. The normalized spacial score (nSPS) is 11.3. The van der Waals surface area contributed by atoms with Gasteiger partial charge in [0.15, 0.2) is 9.84 Å². The quantitative estimate of drug-likeness (QED) is 0.788. The summed E-state index contributed by atoms with van der Waals surface area (Å²) < 4.78 is 28.2. The zero-order valence-corrected chi connectivity index (χ0v) is 12.1. The fourth-order valence-corrected chi connectivity index (χ4v) is 2.85. The van der Waals surface area contributed by atoms with Crippen LogP contribution in [0.3, 0.4) is 0 Å². The third-order valence-corrected chi connectivity index (χ3v) is 4.01. The van der Waals surface area contributed by atoms with Gasteiger partial charge in [0.25, 0.3) is 0 Å². The van der Waals surface area contributed by atoms with Crippen LogP contribution in [-0.2, 0) is 14.6 Å². The highest BCUT2D eigenvalue weighted by Crippen LogP contribution is 2.30. The fourth-order valence-electron chi connectivity index (χ4n) is 1.63. The lowest BCUT2D eigenvalue weighted by molar-refractivity contribution is 0.0601. The average molecular weight is 316 g/mol. The summed E-state index contributed by atoms with van der Waals surface area (Å²) in [5, 5.41) is 7.62. The summed E-state index contributed by atoms with van der Waals surface area (Å²) in [6, 6.07) is 2.56. The molecule has 20 heavy (non-hydrogen) atoms. The molecule has 9 heteroatoms. The van der Waals surface area contributed by atoms with Crippen molar-refractivity contribution in [2.75, 3.05) is 13.4 Å². The molecule has 0 spiro atoms. The van der Waals surface area contributed by atoms with E-state index in [0.717, 1.165) is 11.1 Å². The number of rotatable bonds is 3. The van der Waals surface area contributed by atoms with Crippen molar-refractivity contribution < 1.29 is 17.9 Å². The molecule has 106 valence electrons. The van der Waals surface area contributed by atoms with Gasteiger partial charge in [0.1, 0.15) is 5.69 Å². The molecular weight excluding hydrogens is 306 g/mol. The molecule has 0 aliphatic carbocycles. The Bertz CT molecular complexity index is 756. The van der Waals surface area contributed by atoms with E-state index < -0.39 is 15.8 Å². The van der Waals surface area contributed by atoms with Crippen LogP contribution in [0.4, 0.5) is 0 Å². The molecule has 0 unspecified atom stereocenters. The maximum absolute atomic E-state index is 11.8. The van der Waals surface area contributed by atoms with Crippen LogP contribution in [0, 0.1) is 0 Å². The molecule has 0 bridgehead atoms. The summed E-state index contributed by atoms with van der Waals surface area (Å²) in [5.74, 6) is -0.677. The Morgan fingerprint density at radius 3 is 2.40 bits per heavy atom. The minimum Gasteiger partial charge on any atom is -0.465 e. The van der Waals surface area contributed by atoms with Gasteiger partial charge in [-0.2, -0.15) is 10.2 Å². The van der Waals surface area contributed by atoms with Gasteiger partial charge in [0.2, 0.25) is 0 Å². The van der Waals surface area contributed by atoms with Crippen LogP contribution < -0.4 is 0 Å². The number of esters is 1. The van der Waals surface area contributed by atoms with Crippen molar-refractivity contribution in [2.45, 2.75) is 4.90 Å². The number of ether oxygens (including phenoxy) is 1. The molecule has 0 aliphatic heterocycles. The van der Waals surface area contributed by atoms with Gasteiger partial charge >= 0.3 is 5.97 Å². The van der Waals surface area contributed by atoms with Crippen molar-refractivity contribution >= 4 is 27.4 Å². The third-order valence-electron chi connectivity index (χ3n) is 2.50. The largest absolute Gasteiger partial charge is 0.465 e. The van der Waals surface area contributed by atoms with Crippen molar-refractivity contribution in [2.24, 2.45) is 0 Å². The minimum absolute atomic E-state index is 0.0158. The molecule has 0 amide bonds. The second kappa shape index (κ2) is 5.22. The third kappa shape index (κ3) is 2.52. The van der Waals surface area contributed by atoms with Gasteiger partial charge < -0.3 is 4.74 Å². The van der Waals surface area contributed by atoms with E-state index in [4.69, 9.17) is 11.6 Å². The first kappa shape index (κ1) is 14.5. The van der Waals surface area contributed by atoms with Crippen LogP contribution >= 0.6 is 11.6 Å². The van der Waals surface area contributed by atoms with E-state index in [2.05, 4.69) is 14.9 Å². The number of carbonyl (C=O) groups excluding carboxylic acids is 1. The van der Waals surface area contributed by atoms with Crippen molar-refractivity contribution in [3.8, 4) is 5.69 Å². The molecule has 0 saturated heterocycles. The van der Waals surface area contributed by atoms with Gasteiger partial charge in [-0.05, 0) is 12.1 Å². The Balaban J connectivity index is 2.81. The van der Waals surface area contributed by atoms with E-state index in [9.17, 15) is 13.2 Å². The first-order valence-electron chi connectivity index (χ1n) is 5.34. The molecule has 1 heterocycles. The van der Waals surface area contributed by atoms with Crippen LogP contribution in [0.5, 0.6) is 0 Å². The highest BCUT2D eigenvalue weighted by atomic mass is 35.5. The highest BCUT2D eigenvalue weighted by molar-refractivity contribution is 7.90. The molecule has 0 radical (unpaired) electrons. The van der Waals surface area contributed by atoms with Gasteiger partial charge in [-0.3, -0.25) is 0 Å². The zero-order chi connectivity index (χ0) is 14.9. The van der Waals surface area contributed by atoms with Crippen LogP contribution in [0.2, 0.25) is 5.02 Å². The van der Waals surface area contributed by atoms with Crippen molar-refractivity contribution in [1.29, 1.82) is 0 Å². The summed E-state index contributed by atoms with van der Waals surface area (Å²) in [4.78, 5) is 12.6. The maximum Gasteiger partial charge on any atom is 0.339 e. The van der Waals surface area contributed by atoms with Crippen LogP contribution in [-0.4, -0.2) is 42.7 Å². The Hall–Kier alpha value is -1.93. The van der Waals surface area contributed by atoms with Crippen LogP contribution in [0.25, 0.3) is 5.69 Å². The van der Waals surface area contributed by atoms with Gasteiger partial charge in [-0.15, -0.1) is 4.80 Å². The smallest absolute Gasteiger partial charge is 0.339 e. The summed E-state index contributed by atoms with van der Waals surface area (Å²) in [5.41, 5.74) is 0.0518. The second-order valence-corrected chi connectivity index (χ2v) is 6.22. The Kier molecular flexibility index (Phi) is 3.78. The van der Waals surface area contributed by atoms with Gasteiger partial charge in [-0.1, -0.05) is 11.6 Å². The monoisotopic (exact) mass is 315 g/mol. The number of halogens is 1. The van der Waals surface area contributed by atoms with E-state index in [1.807, 2.05) is 0 Å². The lowest BCUT2D eigenvalue weighted by Gasteiger charge is -2.11. The van der Waals surface area contributed by atoms with Crippen molar-refractivity contribution in [1.82, 2.24) is 15.0 Å². The Morgan fingerprint density at radius 1 is 1.30 bits per heavy atom. The highest BCUT2D eigenvalue weighted by Gasteiger charge is 2.24. The molecule has 0 fully saturated rings. The molecule has 0 aliphatic rings. The van der Waals surface area contributed by atoms with Gasteiger partial charge in [0.05, 0.1) is 35.0 Å². The molecule has 2 rings (SSSR count). The zero-order valence-electron chi connectivity index (χ0n) is 10.6. The number of nitrogens with zero attached hydrogens (tertiary/aromatic N) is 3. The van der Waals surface area contributed by atoms with E-state index >= 15 is 0 Å². The van der Waals surface area contributed by atoms with Crippen molar-refractivity contribution in [3.05, 3.63) is 35.1 Å². The van der Waals surface area contributed by atoms with E-state index in [0.29, 0.717) is 0 Å². The maximum atomic E-state index is 11.8. The first-order chi connectivity index (χ1) is 9.36. The molecular formula is C11H10ClN3O4S. The van der Waals surface area contributed by atoms with Gasteiger partial charge in [-0.25, -0.2) is 13.2 Å². The Morgan fingerprint density at radius 2 is 1.90 bits per heavy atom. The van der Waals surface area contributed by atoms with E-state index in [-0.39, 0.29) is 21.2 Å². The average Bonchev–Trinajstić information content (AvgIpc) is 2.89. The minimum atomic E-state index is -3.57. The topological polar surface area (TPSA) is 91.2 Å². The predicted octanol–water partition coefficient (Wildman–Crippen LogP) is 1.11. The lowest BCUT2D eigenvalue weighted by Crippen LogP contribution is -2.12. The molecule has 1 aromatic carbocycles. The van der Waals surface area contributed by atoms with Crippen molar-refractivity contribution in [3.63, 3.8) is 0 Å². The molecule has 0 saturated carbocycles. The van der Waals surface area contributed by atoms with E-state index in [1.165, 1.54) is 31.6 Å². The molecule has 1 aromatic heterocycles. The Labute approximate surface area is 120 Å². The number of sulfone groups is 1. The van der Waals surface area contributed by atoms with Gasteiger partial charge in [0, 0.05) is 6.26 Å². The number of hydrogen-bond donors (Lipinski definition) is 0. The summed E-state index contributed by atoms with van der Waals surface area (Å²) >= 11 is 6.12. The number of aromatic nitrogens is 3. The SMILES string of the molecule is COC(=O)c1ccc(S(C)(=O)=O)c(-n2nccn2)c1Cl. The molecule has 7 nitrogen and oxygen atoms in total. The lowest BCUT2D eigenvalue weighted by atomic mass is 10.2. The number of methoxy groups -OCH3 is 1. The summed E-state index contributed by atoms with van der Waals surface area (Å²) in [6.07, 6.45) is 3.77. The second-order valence-electron chi connectivity index (χ2n) is 3.86. The van der Waals surface area contributed by atoms with Crippen LogP contribution in [0.1, 0.15) is 10.4 Å². The first-order valence-corrected chi connectivity index (χ1v) is 7.60. The fraction of sp³-hybridized carbons (Fsp3) is 0.182. The number of hydrogen-bond acceptors (Lipinski definition) is 6. The van der Waals surface area contributed by atoms with E-state index in [1.54, 1.807) is 0 Å².